The number of carbonyl (C=O) groups excluding carboxylic acids is 1. The second-order valence-electron chi connectivity index (χ2n) is 10.7. The maximum Gasteiger partial charge on any atom is 0.776 e. The topological polar surface area (TPSA) is 67.0 Å². The average molecular weight is 528 g/mol. The Hall–Kier alpha value is -0.0775. The molecule has 0 atom stereocenters. The highest BCUT2D eigenvalue weighted by Gasteiger charge is 2.07. The third kappa shape index (κ3) is 33.9. The first-order chi connectivity index (χ1) is 17.3. The Morgan fingerprint density at radius 2 is 0.778 bits per heavy atom. The van der Waals surface area contributed by atoms with E-state index in [9.17, 15) is 4.79 Å². The Morgan fingerprint density at radius 1 is 0.472 bits per heavy atom. The van der Waals surface area contributed by atoms with Crippen LogP contribution >= 0.6 is 0 Å². The Morgan fingerprint density at radius 3 is 1.14 bits per heavy atom. The minimum absolute atomic E-state index is 0. The molecule has 215 valence electrons. The largest absolute Gasteiger partial charge is 0.776 e. The molecule has 0 aliphatic heterocycles. The molecule has 5 heteroatoms. The number of rotatable bonds is 30. The van der Waals surface area contributed by atoms with Gasteiger partial charge in [0.1, 0.15) is 0 Å². The third-order valence-corrected chi connectivity index (χ3v) is 7.83. The molecule has 0 aromatic heterocycles. The van der Waals surface area contributed by atoms with Gasteiger partial charge in [0.15, 0.2) is 0 Å². The summed E-state index contributed by atoms with van der Waals surface area (Å²) in [5, 5.41) is 0. The Bertz CT molecular complexity index is 406. The molecule has 0 spiro atoms. The second kappa shape index (κ2) is 34.9. The van der Waals surface area contributed by atoms with Crippen LogP contribution in [0.25, 0.3) is 0 Å². The molecular formula is C31H64AlO4. The Balaban J connectivity index is 0. The van der Waals surface area contributed by atoms with Gasteiger partial charge in [-0.25, -0.2) is 0 Å². The Kier molecular flexibility index (Phi) is 36.9. The zero-order valence-electron chi connectivity index (χ0n) is 24.6. The first kappa shape index (κ1) is 38.1. The quantitative estimate of drug-likeness (QED) is 0.0689. The molecule has 2 N–H and O–H groups in total. The van der Waals surface area contributed by atoms with Gasteiger partial charge in [-0.3, -0.25) is 4.79 Å². The highest BCUT2D eigenvalue weighted by atomic mass is 27.2. The van der Waals surface area contributed by atoms with E-state index in [0.717, 1.165) is 25.9 Å². The van der Waals surface area contributed by atoms with E-state index in [0.29, 0.717) is 6.42 Å². The number of hydrogen-bond acceptors (Lipinski definition) is 3. The summed E-state index contributed by atoms with van der Waals surface area (Å²) in [6.45, 7) is 5.31. The molecule has 1 radical (unpaired) electrons. The first-order valence-corrected chi connectivity index (χ1v) is 16.9. The van der Waals surface area contributed by atoms with Crippen LogP contribution in [0.3, 0.4) is 0 Å². The van der Waals surface area contributed by atoms with E-state index < -0.39 is 15.9 Å². The molecule has 0 heterocycles. The second-order valence-corrected chi connectivity index (χ2v) is 11.5. The maximum atomic E-state index is 11.8. The van der Waals surface area contributed by atoms with Crippen molar-refractivity contribution in [1.29, 1.82) is 0 Å². The summed E-state index contributed by atoms with van der Waals surface area (Å²) >= 11 is -0.612. The van der Waals surface area contributed by atoms with Crippen molar-refractivity contribution in [3.8, 4) is 0 Å². The lowest BCUT2D eigenvalue weighted by atomic mass is 10.0. The van der Waals surface area contributed by atoms with Crippen LogP contribution < -0.4 is 0 Å². The van der Waals surface area contributed by atoms with Crippen LogP contribution in [0.2, 0.25) is 0 Å². The SMILES string of the molecule is CCCCCCCCCCCCCCCCCC(=O)[O][Al][O]CCCCCCCCCCCCC.O. The van der Waals surface area contributed by atoms with Gasteiger partial charge in [-0.2, -0.15) is 0 Å². The van der Waals surface area contributed by atoms with Crippen LogP contribution in [0.5, 0.6) is 0 Å². The lowest BCUT2D eigenvalue weighted by molar-refractivity contribution is -0.135. The summed E-state index contributed by atoms with van der Waals surface area (Å²) in [5.41, 5.74) is 0. The van der Waals surface area contributed by atoms with Gasteiger partial charge in [0.2, 0.25) is 0 Å². The monoisotopic (exact) mass is 527 g/mol. The lowest BCUT2D eigenvalue weighted by Crippen LogP contribution is -2.12. The minimum atomic E-state index is -0.612. The van der Waals surface area contributed by atoms with Gasteiger partial charge < -0.3 is 13.1 Å². The van der Waals surface area contributed by atoms with Crippen molar-refractivity contribution >= 4 is 21.9 Å². The minimum Gasteiger partial charge on any atom is -0.600 e. The number of hydrogen-bond donors (Lipinski definition) is 0. The number of unbranched alkanes of at least 4 members (excludes halogenated alkanes) is 24. The van der Waals surface area contributed by atoms with Crippen molar-refractivity contribution in [3.63, 3.8) is 0 Å². The molecule has 0 rings (SSSR count). The van der Waals surface area contributed by atoms with Crippen molar-refractivity contribution in [2.45, 2.75) is 187 Å². The summed E-state index contributed by atoms with van der Waals surface area (Å²) in [4.78, 5) is 11.8. The molecule has 0 saturated carbocycles. The van der Waals surface area contributed by atoms with Crippen LogP contribution in [-0.2, 0) is 12.4 Å². The van der Waals surface area contributed by atoms with E-state index in [1.165, 1.54) is 148 Å². The molecule has 0 aromatic carbocycles. The summed E-state index contributed by atoms with van der Waals surface area (Å²) in [5.74, 6) is -0.0615. The molecule has 4 nitrogen and oxygen atoms in total. The molecule has 0 bridgehead atoms. The maximum absolute atomic E-state index is 11.8. The van der Waals surface area contributed by atoms with E-state index in [2.05, 4.69) is 13.8 Å². The van der Waals surface area contributed by atoms with Crippen molar-refractivity contribution in [1.82, 2.24) is 0 Å². The molecule has 0 aliphatic carbocycles. The van der Waals surface area contributed by atoms with E-state index >= 15 is 0 Å². The smallest absolute Gasteiger partial charge is 0.600 e. The van der Waals surface area contributed by atoms with Gasteiger partial charge in [-0.15, -0.1) is 0 Å². The summed E-state index contributed by atoms with van der Waals surface area (Å²) in [6, 6.07) is 0. The first-order valence-electron chi connectivity index (χ1n) is 15.9. The van der Waals surface area contributed by atoms with Gasteiger partial charge in [0.05, 0.1) is 0 Å². The van der Waals surface area contributed by atoms with Crippen LogP contribution in [0.4, 0.5) is 0 Å². The van der Waals surface area contributed by atoms with Crippen molar-refractivity contribution in [2.24, 2.45) is 0 Å². The predicted molar refractivity (Wildman–Crippen MR) is 157 cm³/mol. The van der Waals surface area contributed by atoms with Gasteiger partial charge in [0, 0.05) is 13.0 Å². The van der Waals surface area contributed by atoms with Crippen LogP contribution in [0.15, 0.2) is 0 Å². The predicted octanol–water partition coefficient (Wildman–Crippen LogP) is 9.83. The lowest BCUT2D eigenvalue weighted by Gasteiger charge is -2.06. The van der Waals surface area contributed by atoms with E-state index in [4.69, 9.17) is 7.58 Å². The summed E-state index contributed by atoms with van der Waals surface area (Å²) < 4.78 is 10.8. The fourth-order valence-corrected chi connectivity index (χ4v) is 5.24. The molecule has 36 heavy (non-hydrogen) atoms. The highest BCUT2D eigenvalue weighted by molar-refractivity contribution is 6.22. The summed E-state index contributed by atoms with van der Waals surface area (Å²) in [6.07, 6.45) is 35.5. The number of carbonyl (C=O) groups is 1. The summed E-state index contributed by atoms with van der Waals surface area (Å²) in [7, 11) is 0. The van der Waals surface area contributed by atoms with E-state index in [1.54, 1.807) is 0 Å². The fourth-order valence-electron chi connectivity index (χ4n) is 4.68. The zero-order valence-corrected chi connectivity index (χ0v) is 25.8. The Labute approximate surface area is 233 Å². The average Bonchev–Trinajstić information content (AvgIpc) is 2.86. The van der Waals surface area contributed by atoms with E-state index in [1.807, 2.05) is 0 Å². The molecule has 0 saturated heterocycles. The molecule has 0 aliphatic rings. The van der Waals surface area contributed by atoms with Crippen molar-refractivity contribution < 1.29 is 17.8 Å². The highest BCUT2D eigenvalue weighted by Crippen LogP contribution is 2.14. The standard InChI is InChI=1S/C18H36O2.C13H27O.Al.H2O/c1-2-3-4-5-6-7-8-9-10-11-12-13-14-15-16-17-18(19)20;1-2-3-4-5-6-7-8-9-10-11-12-13-14;;/h2-17H2,1H3,(H,19,20);2-13H2,1H3;;1H2/q;-1;+2;/p-1. The molecule has 0 fully saturated rings. The van der Waals surface area contributed by atoms with Crippen LogP contribution in [0.1, 0.15) is 187 Å². The van der Waals surface area contributed by atoms with Gasteiger partial charge in [-0.05, 0) is 12.8 Å². The molecule has 0 aromatic rings. The van der Waals surface area contributed by atoms with Gasteiger partial charge in [0.25, 0.3) is 5.97 Å². The molecule has 0 amide bonds. The fraction of sp³-hybridized carbons (Fsp3) is 0.968. The molecular weight excluding hydrogens is 463 g/mol. The van der Waals surface area contributed by atoms with Gasteiger partial charge in [-0.1, -0.05) is 168 Å². The van der Waals surface area contributed by atoms with Crippen molar-refractivity contribution in [3.05, 3.63) is 0 Å². The van der Waals surface area contributed by atoms with Crippen LogP contribution in [-0.4, -0.2) is 33.9 Å². The third-order valence-electron chi connectivity index (χ3n) is 7.10. The van der Waals surface area contributed by atoms with Gasteiger partial charge >= 0.3 is 15.9 Å². The van der Waals surface area contributed by atoms with Crippen molar-refractivity contribution in [2.75, 3.05) is 6.61 Å². The van der Waals surface area contributed by atoms with E-state index in [-0.39, 0.29) is 11.4 Å². The molecule has 0 unspecified atom stereocenters. The normalized spacial score (nSPS) is 10.8. The zero-order chi connectivity index (χ0) is 25.5. The van der Waals surface area contributed by atoms with Crippen LogP contribution in [0, 0.1) is 0 Å².